The van der Waals surface area contributed by atoms with Gasteiger partial charge in [0.2, 0.25) is 0 Å². The summed E-state index contributed by atoms with van der Waals surface area (Å²) in [6.45, 7) is 8.11. The summed E-state index contributed by atoms with van der Waals surface area (Å²) in [6.07, 6.45) is 2.57. The summed E-state index contributed by atoms with van der Waals surface area (Å²) < 4.78 is 1.18. The normalized spacial score (nSPS) is 24.4. The quantitative estimate of drug-likeness (QED) is 0.635. The van der Waals surface area contributed by atoms with Crippen molar-refractivity contribution in [1.82, 2.24) is 9.80 Å². The summed E-state index contributed by atoms with van der Waals surface area (Å²) >= 11 is 0. The minimum atomic E-state index is 0.806. The molecule has 3 heteroatoms. The first-order valence-corrected chi connectivity index (χ1v) is 5.73. The van der Waals surface area contributed by atoms with Crippen LogP contribution in [-0.2, 0) is 0 Å². The summed E-state index contributed by atoms with van der Waals surface area (Å²) in [7, 11) is 6.83. The molecule has 1 saturated heterocycles. The molecule has 84 valence electrons. The average Bonchev–Trinajstić information content (AvgIpc) is 2.02. The predicted molar refractivity (Wildman–Crippen MR) is 60.7 cm³/mol. The highest BCUT2D eigenvalue weighted by atomic mass is 15.6. The van der Waals surface area contributed by atoms with Gasteiger partial charge >= 0.3 is 0 Å². The number of hydrogen-bond acceptors (Lipinski definition) is 2. The Morgan fingerprint density at radius 3 is 1.86 bits per heavy atom. The fourth-order valence-electron chi connectivity index (χ4n) is 3.05. The first kappa shape index (κ1) is 12.0. The molecule has 0 saturated carbocycles. The maximum absolute atomic E-state index is 2.42. The van der Waals surface area contributed by atoms with Gasteiger partial charge in [0.1, 0.15) is 13.3 Å². The van der Waals surface area contributed by atoms with Crippen molar-refractivity contribution in [3.8, 4) is 0 Å². The minimum Gasteiger partial charge on any atom is -0.299 e. The molecule has 0 aromatic heterocycles. The topological polar surface area (TPSA) is 6.48 Å². The molecule has 0 aromatic carbocycles. The zero-order chi connectivity index (χ0) is 10.8. The lowest BCUT2D eigenvalue weighted by molar-refractivity contribution is -0.958. The van der Waals surface area contributed by atoms with Gasteiger partial charge in [0.05, 0.1) is 19.8 Å². The van der Waals surface area contributed by atoms with Gasteiger partial charge in [-0.05, 0) is 26.9 Å². The lowest BCUT2D eigenvalue weighted by Crippen LogP contribution is -2.65. The van der Waals surface area contributed by atoms with Gasteiger partial charge in [-0.1, -0.05) is 13.8 Å². The zero-order valence-electron chi connectivity index (χ0n) is 10.5. The molecular weight excluding hydrogens is 174 g/mol. The highest BCUT2D eigenvalue weighted by Crippen LogP contribution is 2.21. The second-order valence-corrected chi connectivity index (χ2v) is 5.09. The van der Waals surface area contributed by atoms with Crippen LogP contribution in [0, 0.1) is 0 Å². The molecule has 0 spiro atoms. The average molecular weight is 200 g/mol. The monoisotopic (exact) mass is 200 g/mol. The highest BCUT2D eigenvalue weighted by molar-refractivity contribution is 4.60. The van der Waals surface area contributed by atoms with E-state index in [1.807, 2.05) is 0 Å². The van der Waals surface area contributed by atoms with E-state index in [4.69, 9.17) is 0 Å². The van der Waals surface area contributed by atoms with Crippen LogP contribution in [0.4, 0.5) is 0 Å². The summed E-state index contributed by atoms with van der Waals surface area (Å²) in [5.74, 6) is 0. The summed E-state index contributed by atoms with van der Waals surface area (Å²) in [6, 6.07) is 0.806. The van der Waals surface area contributed by atoms with Gasteiger partial charge in [-0.2, -0.15) is 0 Å². The largest absolute Gasteiger partial charge is 0.299 e. The number of rotatable bonds is 3. The molecule has 1 aliphatic rings. The van der Waals surface area contributed by atoms with Crippen molar-refractivity contribution in [2.24, 2.45) is 0 Å². The van der Waals surface area contributed by atoms with Gasteiger partial charge in [-0.3, -0.25) is 4.48 Å². The third-order valence-corrected chi connectivity index (χ3v) is 3.44. The molecule has 0 unspecified atom stereocenters. The summed E-state index contributed by atoms with van der Waals surface area (Å²) in [5, 5.41) is 0. The van der Waals surface area contributed by atoms with Crippen molar-refractivity contribution >= 4 is 0 Å². The van der Waals surface area contributed by atoms with E-state index in [1.54, 1.807) is 0 Å². The Bertz CT molecular complexity index is 167. The van der Waals surface area contributed by atoms with Gasteiger partial charge in [0.25, 0.3) is 0 Å². The first-order valence-electron chi connectivity index (χ1n) is 5.73. The molecule has 3 nitrogen and oxygen atoms in total. The molecule has 0 radical (unpaired) electrons. The van der Waals surface area contributed by atoms with E-state index in [9.17, 15) is 0 Å². The van der Waals surface area contributed by atoms with Crippen LogP contribution in [0.5, 0.6) is 0 Å². The van der Waals surface area contributed by atoms with Crippen LogP contribution in [0.25, 0.3) is 0 Å². The second-order valence-electron chi connectivity index (χ2n) is 5.09. The highest BCUT2D eigenvalue weighted by Gasteiger charge is 2.36. The van der Waals surface area contributed by atoms with Crippen molar-refractivity contribution in [2.75, 3.05) is 41.1 Å². The van der Waals surface area contributed by atoms with Crippen molar-refractivity contribution in [2.45, 2.75) is 32.7 Å². The zero-order valence-corrected chi connectivity index (χ0v) is 10.5. The second kappa shape index (κ2) is 4.60. The van der Waals surface area contributed by atoms with Gasteiger partial charge in [0.15, 0.2) is 0 Å². The molecular formula is C11H26N3+. The van der Waals surface area contributed by atoms with E-state index in [0.29, 0.717) is 0 Å². The smallest absolute Gasteiger partial charge is 0.136 e. The van der Waals surface area contributed by atoms with Gasteiger partial charge < -0.3 is 0 Å². The fourth-order valence-corrected chi connectivity index (χ4v) is 3.05. The first-order chi connectivity index (χ1) is 6.51. The lowest BCUT2D eigenvalue weighted by atomic mass is 10.1. The van der Waals surface area contributed by atoms with E-state index in [2.05, 4.69) is 44.8 Å². The fraction of sp³-hybridized carbons (Fsp3) is 1.00. The van der Waals surface area contributed by atoms with Gasteiger partial charge in [0, 0.05) is 0 Å². The van der Waals surface area contributed by atoms with Crippen molar-refractivity contribution in [3.05, 3.63) is 0 Å². The van der Waals surface area contributed by atoms with E-state index in [0.717, 1.165) is 12.7 Å². The molecule has 1 aliphatic heterocycles. The number of quaternary nitrogens is 1. The van der Waals surface area contributed by atoms with Crippen LogP contribution < -0.4 is 0 Å². The van der Waals surface area contributed by atoms with Crippen LogP contribution in [0.3, 0.4) is 0 Å². The maximum Gasteiger partial charge on any atom is 0.136 e. The molecule has 0 aromatic rings. The Morgan fingerprint density at radius 1 is 1.07 bits per heavy atom. The molecule has 0 bridgehead atoms. The molecule has 1 rings (SSSR count). The molecule has 1 fully saturated rings. The Balaban J connectivity index is 2.70. The number of nitrogens with zero attached hydrogens (tertiary/aromatic N) is 3. The molecule has 0 atom stereocenters. The van der Waals surface area contributed by atoms with E-state index in [1.165, 1.54) is 30.7 Å². The third kappa shape index (κ3) is 2.47. The van der Waals surface area contributed by atoms with Crippen molar-refractivity contribution < 1.29 is 4.48 Å². The Kier molecular flexibility index (Phi) is 3.93. The van der Waals surface area contributed by atoms with Crippen LogP contribution in [-0.4, -0.2) is 61.5 Å². The van der Waals surface area contributed by atoms with E-state index < -0.39 is 0 Å². The Hall–Kier alpha value is -0.120. The van der Waals surface area contributed by atoms with E-state index in [-0.39, 0.29) is 0 Å². The van der Waals surface area contributed by atoms with E-state index >= 15 is 0 Å². The Labute approximate surface area is 88.9 Å². The lowest BCUT2D eigenvalue weighted by Gasteiger charge is -2.49. The predicted octanol–water partition coefficient (Wildman–Crippen LogP) is 1.37. The van der Waals surface area contributed by atoms with Crippen LogP contribution in [0.2, 0.25) is 0 Å². The maximum atomic E-state index is 2.42. The standard InChI is InChI=1S/C11H26N3/c1-6-11(7-2)14(5)9-12(3)8-13(4)10-14/h11H,6-10H2,1-5H3/q+1. The van der Waals surface area contributed by atoms with Gasteiger partial charge in [-0.25, -0.2) is 9.80 Å². The molecule has 1 heterocycles. The molecule has 0 amide bonds. The number of hydrogen-bond donors (Lipinski definition) is 0. The van der Waals surface area contributed by atoms with Crippen molar-refractivity contribution in [1.29, 1.82) is 0 Å². The van der Waals surface area contributed by atoms with Crippen molar-refractivity contribution in [3.63, 3.8) is 0 Å². The van der Waals surface area contributed by atoms with Crippen LogP contribution in [0.15, 0.2) is 0 Å². The Morgan fingerprint density at radius 2 is 1.50 bits per heavy atom. The summed E-state index contributed by atoms with van der Waals surface area (Å²) in [5.41, 5.74) is 0. The summed E-state index contributed by atoms with van der Waals surface area (Å²) in [4.78, 5) is 4.84. The molecule has 0 aliphatic carbocycles. The van der Waals surface area contributed by atoms with Gasteiger partial charge in [-0.15, -0.1) is 0 Å². The van der Waals surface area contributed by atoms with Crippen LogP contribution in [0.1, 0.15) is 26.7 Å². The third-order valence-electron chi connectivity index (χ3n) is 3.44. The molecule has 14 heavy (non-hydrogen) atoms. The van der Waals surface area contributed by atoms with Crippen LogP contribution >= 0.6 is 0 Å². The SMILES string of the molecule is CCC(CC)[N+]1(C)CN(C)CN(C)C1. The minimum absolute atomic E-state index is 0.806. The molecule has 0 N–H and O–H groups in total.